The average molecular weight is 196 g/mol. The second-order valence-electron chi connectivity index (χ2n) is 4.58. The van der Waals surface area contributed by atoms with Crippen LogP contribution in [-0.2, 0) is 14.3 Å². The van der Waals surface area contributed by atoms with Gasteiger partial charge in [-0.3, -0.25) is 4.79 Å². The normalized spacial score (nSPS) is 26.6. The molecule has 3 heteroatoms. The third-order valence-corrected chi connectivity index (χ3v) is 2.99. The van der Waals surface area contributed by atoms with E-state index in [0.717, 1.165) is 30.6 Å². The van der Waals surface area contributed by atoms with Crippen LogP contribution in [0.4, 0.5) is 0 Å². The van der Waals surface area contributed by atoms with Crippen LogP contribution in [0.5, 0.6) is 0 Å². The van der Waals surface area contributed by atoms with Gasteiger partial charge in [-0.15, -0.1) is 0 Å². The van der Waals surface area contributed by atoms with E-state index in [4.69, 9.17) is 9.47 Å². The van der Waals surface area contributed by atoms with Crippen molar-refractivity contribution in [2.45, 2.75) is 33.1 Å². The molecule has 0 saturated heterocycles. The second kappa shape index (κ2) is 3.39. The molecule has 0 N–H and O–H groups in total. The molecule has 0 aromatic heterocycles. The molecule has 1 aliphatic carbocycles. The minimum absolute atomic E-state index is 0.199. The Morgan fingerprint density at radius 2 is 2.14 bits per heavy atom. The van der Waals surface area contributed by atoms with Gasteiger partial charge in [0.25, 0.3) is 0 Å². The van der Waals surface area contributed by atoms with E-state index in [0.29, 0.717) is 13.4 Å². The van der Waals surface area contributed by atoms with Gasteiger partial charge in [-0.25, -0.2) is 0 Å². The largest absolute Gasteiger partial charge is 0.471 e. The van der Waals surface area contributed by atoms with E-state index in [1.54, 1.807) is 0 Å². The van der Waals surface area contributed by atoms with Crippen LogP contribution < -0.4 is 0 Å². The third kappa shape index (κ3) is 1.57. The van der Waals surface area contributed by atoms with E-state index in [1.807, 2.05) is 13.8 Å². The molecule has 0 radical (unpaired) electrons. The van der Waals surface area contributed by atoms with Gasteiger partial charge in [-0.1, -0.05) is 13.8 Å². The SMILES string of the molecule is CC1(C)CCCC2=C(COCO2)C1=O. The zero-order valence-electron chi connectivity index (χ0n) is 8.76. The number of hydrogen-bond acceptors (Lipinski definition) is 3. The van der Waals surface area contributed by atoms with Gasteiger partial charge in [0.15, 0.2) is 12.6 Å². The molecule has 0 spiro atoms. The van der Waals surface area contributed by atoms with Crippen LogP contribution in [0.15, 0.2) is 11.3 Å². The van der Waals surface area contributed by atoms with Crippen molar-refractivity contribution in [2.24, 2.45) is 5.41 Å². The topological polar surface area (TPSA) is 35.5 Å². The van der Waals surface area contributed by atoms with E-state index in [-0.39, 0.29) is 11.2 Å². The summed E-state index contributed by atoms with van der Waals surface area (Å²) in [5.41, 5.74) is 0.514. The fraction of sp³-hybridized carbons (Fsp3) is 0.727. The molecule has 0 fully saturated rings. The summed E-state index contributed by atoms with van der Waals surface area (Å²) >= 11 is 0. The molecule has 2 rings (SSSR count). The van der Waals surface area contributed by atoms with Gasteiger partial charge in [-0.05, 0) is 12.8 Å². The lowest BCUT2D eigenvalue weighted by Crippen LogP contribution is -2.28. The Kier molecular flexibility index (Phi) is 2.35. The number of carbonyl (C=O) groups excluding carboxylic acids is 1. The predicted octanol–water partition coefficient (Wildman–Crippen LogP) is 2.02. The van der Waals surface area contributed by atoms with Crippen molar-refractivity contribution < 1.29 is 14.3 Å². The monoisotopic (exact) mass is 196 g/mol. The fourth-order valence-electron chi connectivity index (χ4n) is 2.05. The van der Waals surface area contributed by atoms with Crippen LogP contribution >= 0.6 is 0 Å². The molecule has 0 aromatic rings. The minimum Gasteiger partial charge on any atom is -0.471 e. The molecule has 14 heavy (non-hydrogen) atoms. The summed E-state index contributed by atoms with van der Waals surface area (Å²) in [6.45, 7) is 4.73. The fourth-order valence-corrected chi connectivity index (χ4v) is 2.05. The van der Waals surface area contributed by atoms with Crippen molar-refractivity contribution in [2.75, 3.05) is 13.4 Å². The number of ether oxygens (including phenoxy) is 2. The summed E-state index contributed by atoms with van der Waals surface area (Å²) in [6.07, 6.45) is 2.84. The molecule has 1 heterocycles. The predicted molar refractivity (Wildman–Crippen MR) is 51.6 cm³/mol. The number of allylic oxidation sites excluding steroid dienone is 1. The number of hydrogen-bond donors (Lipinski definition) is 0. The maximum Gasteiger partial charge on any atom is 0.188 e. The van der Waals surface area contributed by atoms with Gasteiger partial charge in [0.2, 0.25) is 0 Å². The molecule has 0 unspecified atom stereocenters. The van der Waals surface area contributed by atoms with Crippen molar-refractivity contribution in [3.63, 3.8) is 0 Å². The molecule has 0 atom stereocenters. The Bertz CT molecular complexity index is 289. The number of carbonyl (C=O) groups is 1. The molecule has 2 aliphatic rings. The molecule has 78 valence electrons. The summed E-state index contributed by atoms with van der Waals surface area (Å²) < 4.78 is 10.5. The van der Waals surface area contributed by atoms with Crippen LogP contribution in [0.1, 0.15) is 33.1 Å². The third-order valence-electron chi connectivity index (χ3n) is 2.99. The molecule has 0 bridgehead atoms. The molecular formula is C11H16O3. The van der Waals surface area contributed by atoms with Gasteiger partial charge in [-0.2, -0.15) is 0 Å². The quantitative estimate of drug-likeness (QED) is 0.594. The Hall–Kier alpha value is -0.830. The summed E-state index contributed by atoms with van der Waals surface area (Å²) in [4.78, 5) is 12.1. The minimum atomic E-state index is -0.249. The first-order chi connectivity index (χ1) is 6.61. The van der Waals surface area contributed by atoms with Gasteiger partial charge in [0.05, 0.1) is 12.2 Å². The first kappa shape index (κ1) is 9.71. The maximum atomic E-state index is 12.1. The smallest absolute Gasteiger partial charge is 0.188 e. The van der Waals surface area contributed by atoms with Gasteiger partial charge >= 0.3 is 0 Å². The maximum absolute atomic E-state index is 12.1. The summed E-state index contributed by atoms with van der Waals surface area (Å²) in [5.74, 6) is 1.07. The Morgan fingerprint density at radius 1 is 1.36 bits per heavy atom. The zero-order chi connectivity index (χ0) is 10.2. The lowest BCUT2D eigenvalue weighted by molar-refractivity contribution is -0.126. The molecular weight excluding hydrogens is 180 g/mol. The highest BCUT2D eigenvalue weighted by molar-refractivity contribution is 6.00. The van der Waals surface area contributed by atoms with Gasteiger partial charge in [0.1, 0.15) is 5.76 Å². The molecule has 3 nitrogen and oxygen atoms in total. The van der Waals surface area contributed by atoms with E-state index < -0.39 is 0 Å². The molecule has 0 saturated carbocycles. The molecule has 0 aromatic carbocycles. The molecule has 0 amide bonds. The van der Waals surface area contributed by atoms with Gasteiger partial charge < -0.3 is 9.47 Å². The lowest BCUT2D eigenvalue weighted by Gasteiger charge is -2.24. The van der Waals surface area contributed by atoms with Crippen LogP contribution in [0.25, 0.3) is 0 Å². The first-order valence-electron chi connectivity index (χ1n) is 5.08. The number of Topliss-reactive ketones (excluding diaryl/α,β-unsaturated/α-hetero) is 1. The second-order valence-corrected chi connectivity index (χ2v) is 4.58. The first-order valence-corrected chi connectivity index (χ1v) is 5.08. The Labute approximate surface area is 84.1 Å². The summed E-state index contributed by atoms with van der Waals surface area (Å²) in [5, 5.41) is 0. The van der Waals surface area contributed by atoms with E-state index in [9.17, 15) is 4.79 Å². The van der Waals surface area contributed by atoms with Crippen molar-refractivity contribution in [3.8, 4) is 0 Å². The van der Waals surface area contributed by atoms with Crippen molar-refractivity contribution in [3.05, 3.63) is 11.3 Å². The van der Waals surface area contributed by atoms with E-state index in [1.165, 1.54) is 0 Å². The van der Waals surface area contributed by atoms with Gasteiger partial charge in [0, 0.05) is 11.8 Å². The highest BCUT2D eigenvalue weighted by Crippen LogP contribution is 2.35. The highest BCUT2D eigenvalue weighted by atomic mass is 16.7. The van der Waals surface area contributed by atoms with Crippen LogP contribution in [0, 0.1) is 5.41 Å². The lowest BCUT2D eigenvalue weighted by atomic mass is 9.82. The highest BCUT2D eigenvalue weighted by Gasteiger charge is 2.35. The zero-order valence-corrected chi connectivity index (χ0v) is 8.76. The van der Waals surface area contributed by atoms with Crippen molar-refractivity contribution >= 4 is 5.78 Å². The van der Waals surface area contributed by atoms with E-state index >= 15 is 0 Å². The Balaban J connectivity index is 2.34. The van der Waals surface area contributed by atoms with Crippen molar-refractivity contribution in [1.29, 1.82) is 0 Å². The number of ketones is 1. The number of rotatable bonds is 0. The molecule has 1 aliphatic heterocycles. The standard InChI is InChI=1S/C11H16O3/c1-11(2)5-3-4-9-8(10(11)12)6-13-7-14-9/h3-7H2,1-2H3. The van der Waals surface area contributed by atoms with Crippen molar-refractivity contribution in [1.82, 2.24) is 0 Å². The van der Waals surface area contributed by atoms with E-state index in [2.05, 4.69) is 0 Å². The Morgan fingerprint density at radius 3 is 2.93 bits per heavy atom. The summed E-state index contributed by atoms with van der Waals surface area (Å²) in [6, 6.07) is 0. The van der Waals surface area contributed by atoms with Crippen LogP contribution in [0.3, 0.4) is 0 Å². The summed E-state index contributed by atoms with van der Waals surface area (Å²) in [7, 11) is 0. The van der Waals surface area contributed by atoms with Crippen LogP contribution in [0.2, 0.25) is 0 Å². The average Bonchev–Trinajstić information content (AvgIpc) is 2.27. The van der Waals surface area contributed by atoms with Crippen LogP contribution in [-0.4, -0.2) is 19.2 Å².